The van der Waals surface area contributed by atoms with Gasteiger partial charge in [0.1, 0.15) is 5.75 Å². The first-order valence-electron chi connectivity index (χ1n) is 9.25. The Hall–Kier alpha value is -3.88. The van der Waals surface area contributed by atoms with Crippen molar-refractivity contribution in [3.05, 3.63) is 77.6 Å². The number of aryl methyl sites for hydroxylation is 1. The number of carbonyl (C=O) groups is 1. The van der Waals surface area contributed by atoms with Crippen LogP contribution in [0.3, 0.4) is 0 Å². The third-order valence-corrected chi connectivity index (χ3v) is 4.65. The highest BCUT2D eigenvalue weighted by Crippen LogP contribution is 2.32. The molecular formula is C22H17F3N4O2. The highest BCUT2D eigenvalue weighted by atomic mass is 19.4. The van der Waals surface area contributed by atoms with Crippen molar-refractivity contribution in [3.63, 3.8) is 0 Å². The third kappa shape index (κ3) is 4.20. The number of halogens is 3. The molecule has 2 heterocycles. The highest BCUT2D eigenvalue weighted by molar-refractivity contribution is 6.03. The number of aromatic nitrogens is 3. The number of hydrogen-bond donors (Lipinski definition) is 1. The van der Waals surface area contributed by atoms with Crippen LogP contribution in [-0.4, -0.2) is 27.6 Å². The number of amides is 1. The Kier molecular flexibility index (Phi) is 5.10. The summed E-state index contributed by atoms with van der Waals surface area (Å²) >= 11 is 0. The van der Waals surface area contributed by atoms with Gasteiger partial charge in [0.05, 0.1) is 12.8 Å². The van der Waals surface area contributed by atoms with Gasteiger partial charge >= 0.3 is 6.18 Å². The molecule has 0 unspecified atom stereocenters. The lowest BCUT2D eigenvalue weighted by Gasteiger charge is -2.11. The number of hydrogen-bond acceptors (Lipinski definition) is 4. The van der Waals surface area contributed by atoms with E-state index in [1.807, 2.05) is 6.92 Å². The zero-order valence-corrected chi connectivity index (χ0v) is 16.6. The maximum atomic E-state index is 13.7. The van der Waals surface area contributed by atoms with E-state index in [1.54, 1.807) is 48.5 Å². The number of nitrogens with one attached hydrogen (secondary N) is 1. The molecule has 1 amide bonds. The molecule has 0 bridgehead atoms. The molecule has 4 rings (SSSR count). The van der Waals surface area contributed by atoms with Crippen LogP contribution in [0.25, 0.3) is 16.9 Å². The second-order valence-electron chi connectivity index (χ2n) is 6.87. The summed E-state index contributed by atoms with van der Waals surface area (Å²) in [4.78, 5) is 16.9. The summed E-state index contributed by atoms with van der Waals surface area (Å²) in [7, 11) is 1.51. The lowest BCUT2D eigenvalue weighted by atomic mass is 10.1. The van der Waals surface area contributed by atoms with Crippen molar-refractivity contribution in [1.82, 2.24) is 14.6 Å². The molecule has 1 N–H and O–H groups in total. The van der Waals surface area contributed by atoms with E-state index in [0.29, 0.717) is 21.5 Å². The third-order valence-electron chi connectivity index (χ3n) is 4.65. The van der Waals surface area contributed by atoms with Crippen molar-refractivity contribution in [1.29, 1.82) is 0 Å². The summed E-state index contributed by atoms with van der Waals surface area (Å²) in [6.45, 7) is 1.88. The summed E-state index contributed by atoms with van der Waals surface area (Å²) in [6, 6.07) is 15.7. The van der Waals surface area contributed by atoms with Crippen molar-refractivity contribution in [2.75, 3.05) is 12.4 Å². The first-order chi connectivity index (χ1) is 14.7. The zero-order valence-electron chi connectivity index (χ0n) is 16.6. The van der Waals surface area contributed by atoms with E-state index in [1.165, 1.54) is 13.2 Å². The Labute approximate surface area is 175 Å². The Balaban J connectivity index is 1.74. The summed E-state index contributed by atoms with van der Waals surface area (Å²) < 4.78 is 46.8. The molecule has 0 atom stereocenters. The van der Waals surface area contributed by atoms with Gasteiger partial charge in [-0.2, -0.15) is 18.3 Å². The van der Waals surface area contributed by atoms with E-state index >= 15 is 0 Å². The van der Waals surface area contributed by atoms with Crippen LogP contribution >= 0.6 is 0 Å². The van der Waals surface area contributed by atoms with Gasteiger partial charge in [0.25, 0.3) is 5.91 Å². The predicted molar refractivity (Wildman–Crippen MR) is 109 cm³/mol. The van der Waals surface area contributed by atoms with Crippen LogP contribution in [-0.2, 0) is 6.18 Å². The molecule has 0 spiro atoms. The molecule has 0 aliphatic carbocycles. The average Bonchev–Trinajstić information content (AvgIpc) is 3.17. The maximum absolute atomic E-state index is 13.7. The van der Waals surface area contributed by atoms with Gasteiger partial charge in [0.15, 0.2) is 17.0 Å². The van der Waals surface area contributed by atoms with Crippen LogP contribution in [0.5, 0.6) is 5.75 Å². The average molecular weight is 426 g/mol. The van der Waals surface area contributed by atoms with Gasteiger partial charge in [0.2, 0.25) is 0 Å². The van der Waals surface area contributed by atoms with E-state index in [4.69, 9.17) is 4.74 Å². The normalized spacial score (nSPS) is 11.5. The Morgan fingerprint density at radius 1 is 1.03 bits per heavy atom. The largest absolute Gasteiger partial charge is 0.497 e. The smallest absolute Gasteiger partial charge is 0.433 e. The molecule has 0 aliphatic heterocycles. The van der Waals surface area contributed by atoms with Crippen LogP contribution in [0.2, 0.25) is 0 Å². The first kappa shape index (κ1) is 20.4. The fourth-order valence-corrected chi connectivity index (χ4v) is 3.03. The zero-order chi connectivity index (χ0) is 22.2. The van der Waals surface area contributed by atoms with E-state index in [2.05, 4.69) is 15.4 Å². The van der Waals surface area contributed by atoms with Gasteiger partial charge < -0.3 is 10.1 Å². The molecule has 31 heavy (non-hydrogen) atoms. The number of alkyl halides is 3. The van der Waals surface area contributed by atoms with Crippen LogP contribution < -0.4 is 10.1 Å². The fourth-order valence-electron chi connectivity index (χ4n) is 3.03. The number of ether oxygens (including phenoxy) is 1. The Bertz CT molecular complexity index is 1250. The lowest BCUT2D eigenvalue weighted by Crippen LogP contribution is -2.15. The monoisotopic (exact) mass is 426 g/mol. The van der Waals surface area contributed by atoms with Crippen LogP contribution in [0, 0.1) is 6.92 Å². The van der Waals surface area contributed by atoms with Crippen LogP contribution in [0.4, 0.5) is 18.9 Å². The first-order valence-corrected chi connectivity index (χ1v) is 9.25. The van der Waals surface area contributed by atoms with Crippen molar-refractivity contribution < 1.29 is 22.7 Å². The van der Waals surface area contributed by atoms with E-state index in [-0.39, 0.29) is 17.0 Å². The number of methoxy groups -OCH3 is 1. The van der Waals surface area contributed by atoms with Gasteiger partial charge in [-0.3, -0.25) is 4.79 Å². The summed E-state index contributed by atoms with van der Waals surface area (Å²) in [5.74, 6) is -0.0472. The van der Waals surface area contributed by atoms with Gasteiger partial charge in [-0.15, -0.1) is 0 Å². The number of carbonyl (C=O) groups excluding carboxylic acids is 1. The van der Waals surface area contributed by atoms with Crippen LogP contribution in [0.15, 0.2) is 60.7 Å². The van der Waals surface area contributed by atoms with E-state index < -0.39 is 17.8 Å². The molecule has 158 valence electrons. The highest BCUT2D eigenvalue weighted by Gasteiger charge is 2.35. The summed E-state index contributed by atoms with van der Waals surface area (Å²) in [6.07, 6.45) is -4.68. The molecule has 6 nitrogen and oxygen atoms in total. The summed E-state index contributed by atoms with van der Waals surface area (Å²) in [5.41, 5.74) is 0.817. The molecular weight excluding hydrogens is 409 g/mol. The molecule has 2 aromatic carbocycles. The van der Waals surface area contributed by atoms with Gasteiger partial charge in [-0.1, -0.05) is 29.8 Å². The van der Waals surface area contributed by atoms with Gasteiger partial charge in [0, 0.05) is 17.3 Å². The number of nitrogens with zero attached hydrogens (tertiary/aromatic N) is 3. The van der Waals surface area contributed by atoms with Crippen molar-refractivity contribution in [2.45, 2.75) is 13.1 Å². The minimum atomic E-state index is -4.68. The van der Waals surface area contributed by atoms with E-state index in [9.17, 15) is 18.0 Å². The molecule has 0 fully saturated rings. The van der Waals surface area contributed by atoms with Gasteiger partial charge in [-0.25, -0.2) is 9.50 Å². The number of fused-ring (bicyclic) bond motifs is 1. The quantitative estimate of drug-likeness (QED) is 0.500. The minimum absolute atomic E-state index is 0.0784. The number of benzene rings is 2. The van der Waals surface area contributed by atoms with Crippen molar-refractivity contribution >= 4 is 17.2 Å². The Morgan fingerprint density at radius 2 is 1.71 bits per heavy atom. The maximum Gasteiger partial charge on any atom is 0.433 e. The topological polar surface area (TPSA) is 68.5 Å². The predicted octanol–water partition coefficient (Wildman–Crippen LogP) is 4.98. The molecule has 9 heteroatoms. The molecule has 0 saturated heterocycles. The second kappa shape index (κ2) is 7.75. The number of rotatable bonds is 4. The van der Waals surface area contributed by atoms with Crippen molar-refractivity contribution in [2.24, 2.45) is 0 Å². The SMILES string of the molecule is COc1ccc(NC(=O)c2cc3nc(-c4ccc(C)cc4)cc(C(F)(F)F)n3n2)cc1. The molecule has 0 saturated carbocycles. The van der Waals surface area contributed by atoms with E-state index in [0.717, 1.165) is 11.6 Å². The molecule has 0 radical (unpaired) electrons. The van der Waals surface area contributed by atoms with Gasteiger partial charge in [-0.05, 0) is 37.3 Å². The standard InChI is InChI=1S/C22H17F3N4O2/c1-13-3-5-14(6-4-13)17-11-19(22(23,24)25)29-20(27-17)12-18(28-29)21(30)26-15-7-9-16(31-2)10-8-15/h3-12H,1-2H3,(H,26,30). The fraction of sp³-hybridized carbons (Fsp3) is 0.136. The molecule has 4 aromatic rings. The Morgan fingerprint density at radius 3 is 2.32 bits per heavy atom. The van der Waals surface area contributed by atoms with Crippen molar-refractivity contribution in [3.8, 4) is 17.0 Å². The second-order valence-corrected chi connectivity index (χ2v) is 6.87. The number of anilines is 1. The van der Waals surface area contributed by atoms with Crippen LogP contribution in [0.1, 0.15) is 21.7 Å². The molecule has 2 aromatic heterocycles. The summed E-state index contributed by atoms with van der Waals surface area (Å²) in [5, 5.41) is 6.46. The minimum Gasteiger partial charge on any atom is -0.497 e. The lowest BCUT2D eigenvalue weighted by molar-refractivity contribution is -0.142. The molecule has 0 aliphatic rings.